The first-order valence-electron chi connectivity index (χ1n) is 7.21. The number of aliphatic hydroxyl groups excluding tert-OH is 1. The van der Waals surface area contributed by atoms with Gasteiger partial charge in [-0.05, 0) is 37.2 Å². The average molecular weight is 306 g/mol. The molecule has 21 heavy (non-hydrogen) atoms. The van der Waals surface area contributed by atoms with E-state index in [4.69, 9.17) is 12.2 Å². The van der Waals surface area contributed by atoms with E-state index in [1.807, 2.05) is 28.4 Å². The van der Waals surface area contributed by atoms with Gasteiger partial charge in [-0.2, -0.15) is 4.68 Å². The number of piperidine rings is 1. The van der Waals surface area contributed by atoms with Crippen LogP contribution in [0.1, 0.15) is 12.8 Å². The summed E-state index contributed by atoms with van der Waals surface area (Å²) in [6, 6.07) is 3.86. The number of pyridine rings is 1. The van der Waals surface area contributed by atoms with Gasteiger partial charge in [-0.15, -0.1) is 5.10 Å². The second-order valence-electron chi connectivity index (χ2n) is 5.56. The zero-order chi connectivity index (χ0) is 14.8. The van der Waals surface area contributed by atoms with E-state index < -0.39 is 0 Å². The molecular formula is C14H20N5OS+. The molecular weight excluding hydrogens is 286 g/mol. The topological polar surface area (TPSA) is 60.3 Å². The molecule has 2 aromatic heterocycles. The molecule has 0 amide bonds. The SMILES string of the molecule is Cn1c(-c2ccncc2)nn(C[NH+]2CCC[C@H](O)C2)c1=S. The molecule has 0 saturated carbocycles. The van der Waals surface area contributed by atoms with Gasteiger partial charge in [0.1, 0.15) is 12.6 Å². The van der Waals surface area contributed by atoms with Crippen molar-refractivity contribution in [3.05, 3.63) is 29.3 Å². The van der Waals surface area contributed by atoms with Gasteiger partial charge in [-0.3, -0.25) is 4.98 Å². The molecule has 0 bridgehead atoms. The van der Waals surface area contributed by atoms with Crippen molar-refractivity contribution in [3.8, 4) is 11.4 Å². The van der Waals surface area contributed by atoms with Crippen molar-refractivity contribution in [2.45, 2.75) is 25.6 Å². The molecule has 3 rings (SSSR count). The highest BCUT2D eigenvalue weighted by Crippen LogP contribution is 2.15. The normalized spacial score (nSPS) is 22.4. The van der Waals surface area contributed by atoms with Gasteiger partial charge in [0.05, 0.1) is 6.54 Å². The van der Waals surface area contributed by atoms with Crippen LogP contribution in [0, 0.1) is 4.77 Å². The van der Waals surface area contributed by atoms with Crippen LogP contribution in [0.5, 0.6) is 0 Å². The lowest BCUT2D eigenvalue weighted by Gasteiger charge is -2.26. The second-order valence-corrected chi connectivity index (χ2v) is 5.92. The summed E-state index contributed by atoms with van der Waals surface area (Å²) in [4.78, 5) is 5.35. The Hall–Kier alpha value is -1.57. The van der Waals surface area contributed by atoms with Gasteiger partial charge in [0, 0.05) is 25.0 Å². The van der Waals surface area contributed by atoms with Gasteiger partial charge in [0.15, 0.2) is 12.5 Å². The van der Waals surface area contributed by atoms with Crippen molar-refractivity contribution in [3.63, 3.8) is 0 Å². The zero-order valence-electron chi connectivity index (χ0n) is 12.1. The van der Waals surface area contributed by atoms with Crippen LogP contribution in [0.4, 0.5) is 0 Å². The summed E-state index contributed by atoms with van der Waals surface area (Å²) in [6.45, 7) is 2.53. The molecule has 0 spiro atoms. The third-order valence-electron chi connectivity index (χ3n) is 3.94. The maximum atomic E-state index is 9.78. The first kappa shape index (κ1) is 14.4. The van der Waals surface area contributed by atoms with Gasteiger partial charge in [0.25, 0.3) is 0 Å². The standard InChI is InChI=1S/C14H19N5OS/c1-17-13(11-4-6-15-7-5-11)16-19(14(17)21)10-18-8-2-3-12(20)9-18/h4-7,12,20H,2-3,8-10H2,1H3/p+1/t12-/m0/s1. The van der Waals surface area contributed by atoms with Gasteiger partial charge in [-0.1, -0.05) is 0 Å². The van der Waals surface area contributed by atoms with Gasteiger partial charge >= 0.3 is 0 Å². The van der Waals surface area contributed by atoms with E-state index in [0.717, 1.165) is 37.3 Å². The molecule has 2 aromatic rings. The first-order valence-corrected chi connectivity index (χ1v) is 7.62. The molecule has 0 aliphatic carbocycles. The zero-order valence-corrected chi connectivity index (χ0v) is 12.9. The van der Waals surface area contributed by atoms with Crippen molar-refractivity contribution < 1.29 is 10.0 Å². The summed E-state index contributed by atoms with van der Waals surface area (Å²) in [5.41, 5.74) is 1.01. The van der Waals surface area contributed by atoms with E-state index in [1.54, 1.807) is 12.4 Å². The predicted molar refractivity (Wildman–Crippen MR) is 81.2 cm³/mol. The second kappa shape index (κ2) is 6.05. The van der Waals surface area contributed by atoms with Crippen molar-refractivity contribution in [1.29, 1.82) is 0 Å². The highest BCUT2D eigenvalue weighted by atomic mass is 32.1. The molecule has 1 aliphatic rings. The Morgan fingerprint density at radius 1 is 1.43 bits per heavy atom. The van der Waals surface area contributed by atoms with Crippen LogP contribution < -0.4 is 4.90 Å². The van der Waals surface area contributed by atoms with Crippen molar-refractivity contribution in [2.75, 3.05) is 13.1 Å². The minimum Gasteiger partial charge on any atom is -0.387 e. The van der Waals surface area contributed by atoms with Crippen LogP contribution in [0.15, 0.2) is 24.5 Å². The Morgan fingerprint density at radius 3 is 2.90 bits per heavy atom. The Morgan fingerprint density at radius 2 is 2.19 bits per heavy atom. The van der Waals surface area contributed by atoms with E-state index in [2.05, 4.69) is 10.1 Å². The Bertz CT molecular complexity index is 666. The fourth-order valence-electron chi connectivity index (χ4n) is 2.82. The molecule has 1 fully saturated rings. The van der Waals surface area contributed by atoms with Crippen LogP contribution in [0.3, 0.4) is 0 Å². The fourth-order valence-corrected chi connectivity index (χ4v) is 3.02. The number of aliphatic hydroxyl groups is 1. The van der Waals surface area contributed by atoms with Crippen LogP contribution in [0.25, 0.3) is 11.4 Å². The smallest absolute Gasteiger partial charge is 0.202 e. The lowest BCUT2D eigenvalue weighted by molar-refractivity contribution is -0.931. The lowest BCUT2D eigenvalue weighted by Crippen LogP contribution is -3.13. The summed E-state index contributed by atoms with van der Waals surface area (Å²) >= 11 is 5.48. The molecule has 6 nitrogen and oxygen atoms in total. The number of quaternary nitrogens is 1. The quantitative estimate of drug-likeness (QED) is 0.784. The van der Waals surface area contributed by atoms with Crippen molar-refractivity contribution in [2.24, 2.45) is 7.05 Å². The summed E-state index contributed by atoms with van der Waals surface area (Å²) < 4.78 is 4.48. The molecule has 1 aliphatic heterocycles. The number of rotatable bonds is 3. The van der Waals surface area contributed by atoms with Crippen LogP contribution in [-0.2, 0) is 13.7 Å². The van der Waals surface area contributed by atoms with Gasteiger partial charge < -0.3 is 14.6 Å². The highest BCUT2D eigenvalue weighted by molar-refractivity contribution is 7.71. The number of likely N-dealkylation sites (tertiary alicyclic amines) is 1. The van der Waals surface area contributed by atoms with Gasteiger partial charge in [0.2, 0.25) is 4.77 Å². The lowest BCUT2D eigenvalue weighted by atomic mass is 10.1. The molecule has 3 heterocycles. The first-order chi connectivity index (χ1) is 10.1. The third-order valence-corrected chi connectivity index (χ3v) is 4.43. The number of hydrogen-bond donors (Lipinski definition) is 2. The highest BCUT2D eigenvalue weighted by Gasteiger charge is 2.22. The predicted octanol–water partition coefficient (Wildman–Crippen LogP) is 0.0102. The van der Waals surface area contributed by atoms with E-state index in [9.17, 15) is 5.11 Å². The van der Waals surface area contributed by atoms with E-state index in [1.165, 1.54) is 4.90 Å². The molecule has 7 heteroatoms. The Labute approximate surface area is 128 Å². The summed E-state index contributed by atoms with van der Waals surface area (Å²) in [5.74, 6) is 0.847. The summed E-state index contributed by atoms with van der Waals surface area (Å²) in [5, 5.41) is 14.4. The summed E-state index contributed by atoms with van der Waals surface area (Å²) in [7, 11) is 1.93. The monoisotopic (exact) mass is 306 g/mol. The fraction of sp³-hybridized carbons (Fsp3) is 0.500. The minimum atomic E-state index is -0.202. The van der Waals surface area contributed by atoms with Crippen LogP contribution in [0.2, 0.25) is 0 Å². The van der Waals surface area contributed by atoms with Crippen LogP contribution >= 0.6 is 12.2 Å². The molecule has 112 valence electrons. The summed E-state index contributed by atoms with van der Waals surface area (Å²) in [6.07, 6.45) is 5.26. The number of aromatic nitrogens is 4. The molecule has 0 aromatic carbocycles. The average Bonchev–Trinajstić information content (AvgIpc) is 2.77. The number of hydrogen-bond acceptors (Lipinski definition) is 4. The molecule has 2 N–H and O–H groups in total. The van der Waals surface area contributed by atoms with Crippen LogP contribution in [-0.4, -0.2) is 43.6 Å². The molecule has 1 saturated heterocycles. The molecule has 0 radical (unpaired) electrons. The van der Waals surface area contributed by atoms with E-state index in [-0.39, 0.29) is 6.10 Å². The Balaban J connectivity index is 1.85. The minimum absolute atomic E-state index is 0.202. The third kappa shape index (κ3) is 3.04. The maximum Gasteiger partial charge on any atom is 0.202 e. The maximum absolute atomic E-state index is 9.78. The number of nitrogens with zero attached hydrogens (tertiary/aromatic N) is 4. The van der Waals surface area contributed by atoms with Crippen molar-refractivity contribution >= 4 is 12.2 Å². The molecule has 2 atom stereocenters. The Kier molecular flexibility index (Phi) is 4.14. The van der Waals surface area contributed by atoms with E-state index in [0.29, 0.717) is 11.4 Å². The molecule has 1 unspecified atom stereocenters. The van der Waals surface area contributed by atoms with Crippen molar-refractivity contribution in [1.82, 2.24) is 19.3 Å². The number of nitrogens with one attached hydrogen (secondary N) is 1. The van der Waals surface area contributed by atoms with E-state index >= 15 is 0 Å². The van der Waals surface area contributed by atoms with Gasteiger partial charge in [-0.25, -0.2) is 0 Å². The largest absolute Gasteiger partial charge is 0.387 e.